The predicted molar refractivity (Wildman–Crippen MR) is 355 cm³/mol. The molecule has 7 rings (SSSR count). The van der Waals surface area contributed by atoms with Gasteiger partial charge in [0.15, 0.2) is 9.66 Å². The van der Waals surface area contributed by atoms with Gasteiger partial charge in [0.1, 0.15) is 21.5 Å². The van der Waals surface area contributed by atoms with Crippen LogP contribution in [0.25, 0.3) is 59.4 Å². The van der Waals surface area contributed by atoms with E-state index < -0.39 is 0 Å². The third kappa shape index (κ3) is 18.8. The lowest BCUT2D eigenvalue weighted by atomic mass is 10.0. The topological polar surface area (TPSA) is 44.2 Å². The first-order valence-corrected chi connectivity index (χ1v) is 36.9. The molecule has 6 heterocycles. The molecule has 0 radical (unpaired) electrons. The van der Waals surface area contributed by atoms with Gasteiger partial charge in [0.25, 0.3) is 0 Å². The van der Waals surface area contributed by atoms with Gasteiger partial charge in [-0.15, -0.1) is 45.3 Å². The smallest absolute Gasteiger partial charge is 0.155 e. The quantitative estimate of drug-likeness (QED) is 0.0357. The fourth-order valence-corrected chi connectivity index (χ4v) is 18.2. The monoisotopic (exact) mass is 1170 g/mol. The van der Waals surface area contributed by atoms with Gasteiger partial charge in [-0.1, -0.05) is 244 Å². The summed E-state index contributed by atoms with van der Waals surface area (Å²) in [6.45, 7) is 19.9. The van der Waals surface area contributed by atoms with Crippen LogP contribution >= 0.6 is 68.0 Å². The number of hydrogen-bond acceptors (Lipinski definition) is 10. The minimum atomic E-state index is 0.552. The molecule has 78 heavy (non-hydrogen) atoms. The van der Waals surface area contributed by atoms with E-state index in [-0.39, 0.29) is 0 Å². The number of fused-ring (bicyclic) bond motifs is 3. The molecule has 0 saturated heterocycles. The van der Waals surface area contributed by atoms with Gasteiger partial charge in [0.05, 0.1) is 32.4 Å². The normalized spacial score (nSPS) is 12.8. The lowest BCUT2D eigenvalue weighted by Crippen LogP contribution is -2.12. The summed E-state index contributed by atoms with van der Waals surface area (Å²) in [7, 11) is 0. The van der Waals surface area contributed by atoms with Gasteiger partial charge in [-0.05, 0) is 99.6 Å². The number of thiazole rings is 2. The Labute approximate surface area is 498 Å². The summed E-state index contributed by atoms with van der Waals surface area (Å²) < 4.78 is 16.7. The molecule has 0 N–H and O–H groups in total. The van der Waals surface area contributed by atoms with Crippen LogP contribution in [0.2, 0.25) is 0 Å². The average Bonchev–Trinajstić information content (AvgIpc) is 4.42. The largest absolute Gasteiger partial charge is 0.491 e. The lowest BCUT2D eigenvalue weighted by molar-refractivity contribution is 0.235. The van der Waals surface area contributed by atoms with Crippen LogP contribution in [0.15, 0.2) is 24.3 Å². The number of ether oxygens (including phenoxy) is 2. The maximum Gasteiger partial charge on any atom is 0.155 e. The highest BCUT2D eigenvalue weighted by molar-refractivity contribution is 7.33. The van der Waals surface area contributed by atoms with Gasteiger partial charge in [0, 0.05) is 30.3 Å². The van der Waals surface area contributed by atoms with Crippen molar-refractivity contribution in [1.29, 1.82) is 0 Å². The van der Waals surface area contributed by atoms with Crippen molar-refractivity contribution in [1.82, 2.24) is 9.97 Å². The van der Waals surface area contributed by atoms with E-state index in [1.54, 1.807) is 0 Å². The Balaban J connectivity index is 1.13. The van der Waals surface area contributed by atoms with Crippen molar-refractivity contribution in [3.63, 3.8) is 0 Å². The highest BCUT2D eigenvalue weighted by Crippen LogP contribution is 2.53. The minimum absolute atomic E-state index is 0.552. The number of nitrogens with zero attached hydrogens (tertiary/aromatic N) is 2. The Morgan fingerprint density at radius 1 is 0.385 bits per heavy atom. The number of aromatic nitrogens is 2. The summed E-state index contributed by atoms with van der Waals surface area (Å²) in [5, 5.41) is 4.75. The molecule has 0 spiro atoms. The molecule has 0 bridgehead atoms. The van der Waals surface area contributed by atoms with Crippen molar-refractivity contribution in [2.75, 3.05) is 13.2 Å². The zero-order valence-electron chi connectivity index (χ0n) is 50.1. The molecule has 2 unspecified atom stereocenters. The molecule has 0 aliphatic carbocycles. The van der Waals surface area contributed by atoms with Crippen molar-refractivity contribution in [2.45, 2.75) is 274 Å². The number of thiophene rings is 4. The minimum Gasteiger partial charge on any atom is -0.491 e. The van der Waals surface area contributed by atoms with E-state index in [0.717, 1.165) is 70.1 Å². The van der Waals surface area contributed by atoms with Crippen LogP contribution in [0, 0.1) is 25.7 Å². The van der Waals surface area contributed by atoms with Gasteiger partial charge in [-0.3, -0.25) is 0 Å². The third-order valence-electron chi connectivity index (χ3n) is 16.5. The summed E-state index contributed by atoms with van der Waals surface area (Å²) >= 11 is 11.3. The van der Waals surface area contributed by atoms with E-state index in [9.17, 15) is 0 Å². The number of benzene rings is 1. The zero-order chi connectivity index (χ0) is 54.9. The molecule has 0 amide bonds. The second-order valence-electron chi connectivity index (χ2n) is 23.2. The van der Waals surface area contributed by atoms with Crippen LogP contribution in [-0.4, -0.2) is 23.2 Å². The Bertz CT molecular complexity index is 2660. The van der Waals surface area contributed by atoms with Gasteiger partial charge in [0.2, 0.25) is 0 Å². The van der Waals surface area contributed by atoms with Crippen molar-refractivity contribution in [3.05, 3.63) is 45.1 Å². The molecule has 0 aliphatic rings. The number of rotatable bonds is 43. The van der Waals surface area contributed by atoms with E-state index in [4.69, 9.17) is 19.4 Å². The molecular weight excluding hydrogens is 1070 g/mol. The SMILES string of the molecule is CCCCCCCCCCCCCCc1cc(C)sc1-c1nc2sc(-c3sc(-c4cc5c(OCC(CC)CCCC)c6sc(C)cc6c(OCC(CC)CCCC)c5s4)cc3CCCCCCCCCCCCCC)nc2s1. The maximum absolute atomic E-state index is 7.11. The molecule has 10 heteroatoms. The van der Waals surface area contributed by atoms with Gasteiger partial charge < -0.3 is 9.47 Å². The predicted octanol–water partition coefficient (Wildman–Crippen LogP) is 25.6. The summed E-state index contributed by atoms with van der Waals surface area (Å²) in [5.74, 6) is 3.23. The first-order valence-electron chi connectivity index (χ1n) is 32.0. The summed E-state index contributed by atoms with van der Waals surface area (Å²) in [5.41, 5.74) is 2.94. The molecule has 7 aromatic rings. The molecule has 432 valence electrons. The van der Waals surface area contributed by atoms with Crippen molar-refractivity contribution < 1.29 is 9.47 Å². The maximum atomic E-state index is 7.11. The van der Waals surface area contributed by atoms with Gasteiger partial charge in [-0.2, -0.15) is 0 Å². The first kappa shape index (κ1) is 63.2. The number of aryl methyl sites for hydroxylation is 4. The van der Waals surface area contributed by atoms with Crippen LogP contribution in [0.1, 0.15) is 268 Å². The van der Waals surface area contributed by atoms with Gasteiger partial charge >= 0.3 is 0 Å². The van der Waals surface area contributed by atoms with Crippen LogP contribution < -0.4 is 9.47 Å². The molecule has 2 atom stereocenters. The number of unbranched alkanes of at least 4 members (excludes halogenated alkanes) is 24. The van der Waals surface area contributed by atoms with Crippen LogP contribution in [0.4, 0.5) is 0 Å². The second kappa shape index (κ2) is 34.9. The van der Waals surface area contributed by atoms with E-state index in [0.29, 0.717) is 11.8 Å². The fraction of sp³-hybridized carbons (Fsp3) is 0.676. The zero-order valence-corrected chi connectivity index (χ0v) is 55.0. The molecule has 4 nitrogen and oxygen atoms in total. The summed E-state index contributed by atoms with van der Waals surface area (Å²) in [6.07, 6.45) is 44.9. The average molecular weight is 1170 g/mol. The molecule has 0 aliphatic heterocycles. The van der Waals surface area contributed by atoms with Gasteiger partial charge in [-0.25, -0.2) is 9.97 Å². The summed E-state index contributed by atoms with van der Waals surface area (Å²) in [4.78, 5) is 21.1. The van der Waals surface area contributed by atoms with Crippen LogP contribution in [0.3, 0.4) is 0 Å². The molecular formula is C68H102N2O2S6. The Morgan fingerprint density at radius 3 is 1.23 bits per heavy atom. The molecule has 1 aromatic carbocycles. The lowest BCUT2D eigenvalue weighted by Gasteiger charge is -2.19. The highest BCUT2D eigenvalue weighted by Gasteiger charge is 2.26. The highest BCUT2D eigenvalue weighted by atomic mass is 32.1. The van der Waals surface area contributed by atoms with Crippen molar-refractivity contribution in [3.8, 4) is 41.0 Å². The molecule has 0 saturated carbocycles. The first-order chi connectivity index (χ1) is 38.3. The van der Waals surface area contributed by atoms with E-state index in [1.807, 2.05) is 68.0 Å². The van der Waals surface area contributed by atoms with E-state index in [2.05, 4.69) is 79.7 Å². The standard InChI is InChI=1S/C68H102N2O2S6/c1-9-15-19-21-23-25-27-29-31-33-35-37-41-53-43-49(7)73-61(53)65-69-67-68(77-65)70-66(78-67)62-54(42-38-36-34-32-30-28-26-24-22-20-16-10-2)45-57(75-62)58-46-56-60(72-48-52(14-6)40-18-12-4)63-55(44-50(8)74-63)59(64(56)76-58)71-47-51(13-5)39-17-11-3/h43-46,51-52H,9-42,47-48H2,1-8H3. The summed E-state index contributed by atoms with van der Waals surface area (Å²) in [6, 6.07) is 9.81. The second-order valence-corrected chi connectivity index (χ2v) is 29.7. The Hall–Kier alpha value is -2.34. The molecule has 0 fully saturated rings. The van der Waals surface area contributed by atoms with E-state index in [1.165, 1.54) is 253 Å². The fourth-order valence-electron chi connectivity index (χ4n) is 11.4. The Kier molecular flexibility index (Phi) is 28.3. The van der Waals surface area contributed by atoms with E-state index >= 15 is 0 Å². The van der Waals surface area contributed by atoms with Crippen LogP contribution in [-0.2, 0) is 12.8 Å². The van der Waals surface area contributed by atoms with Crippen molar-refractivity contribution >= 4 is 97.9 Å². The third-order valence-corrected chi connectivity index (χ3v) is 23.4. The van der Waals surface area contributed by atoms with Crippen LogP contribution in [0.5, 0.6) is 11.5 Å². The Morgan fingerprint density at radius 2 is 0.769 bits per heavy atom. The molecule has 6 aromatic heterocycles. The number of hydrogen-bond donors (Lipinski definition) is 0. The van der Waals surface area contributed by atoms with Crippen molar-refractivity contribution in [2.24, 2.45) is 11.8 Å².